The molecule has 0 bridgehead atoms. The number of hydrogen-bond acceptors (Lipinski definition) is 5. The van der Waals surface area contributed by atoms with Gasteiger partial charge >= 0.3 is 29.6 Å². The van der Waals surface area contributed by atoms with Gasteiger partial charge in [-0.15, -0.1) is 0 Å². The van der Waals surface area contributed by atoms with Crippen molar-refractivity contribution >= 4 is 39.7 Å². The number of piperazine rings is 1. The van der Waals surface area contributed by atoms with Gasteiger partial charge in [0, 0.05) is 26.2 Å². The van der Waals surface area contributed by atoms with Crippen LogP contribution in [0.5, 0.6) is 0 Å². The van der Waals surface area contributed by atoms with Gasteiger partial charge in [0.1, 0.15) is 0 Å². The number of nitrogens with zero attached hydrogens (tertiary/aromatic N) is 1. The van der Waals surface area contributed by atoms with E-state index in [1.165, 1.54) is 6.92 Å². The van der Waals surface area contributed by atoms with Crippen molar-refractivity contribution in [2.75, 3.05) is 38.5 Å². The van der Waals surface area contributed by atoms with E-state index in [-0.39, 0.29) is 35.3 Å². The summed E-state index contributed by atoms with van der Waals surface area (Å²) in [5.74, 6) is -0.201. The second kappa shape index (κ2) is 10.9. The second-order valence-corrected chi connectivity index (χ2v) is 4.71. The van der Waals surface area contributed by atoms with E-state index in [9.17, 15) is 8.42 Å². The average molecular weight is 264 g/mol. The Morgan fingerprint density at radius 3 is 2.06 bits per heavy atom. The van der Waals surface area contributed by atoms with Crippen LogP contribution in [0.3, 0.4) is 0 Å². The van der Waals surface area contributed by atoms with Gasteiger partial charge in [-0.3, -0.25) is 9.39 Å². The van der Waals surface area contributed by atoms with Crippen molar-refractivity contribution in [3.63, 3.8) is 0 Å². The molecule has 6 nitrogen and oxygen atoms in total. The fraction of sp³-hybridized carbons (Fsp3) is 1.00. The standard InChI is InChI=1S/C6H14N2O.C2H6O3S.Na.H/c1-2-9-8-5-3-7-4-6-8;1-2-6(3,4)5;;/h7H,2-6H2,1H3;2H2,1H3,(H,3,4,5);;. The topological polar surface area (TPSA) is 78.9 Å². The number of nitrogens with one attached hydrogen (secondary N) is 1. The minimum atomic E-state index is -3.66. The summed E-state index contributed by atoms with van der Waals surface area (Å²) in [6.07, 6.45) is 0. The zero-order chi connectivity index (χ0) is 11.7. The van der Waals surface area contributed by atoms with E-state index in [4.69, 9.17) is 9.39 Å². The number of hydrogen-bond donors (Lipinski definition) is 2. The molecule has 0 aliphatic carbocycles. The van der Waals surface area contributed by atoms with Crippen molar-refractivity contribution in [2.45, 2.75) is 13.8 Å². The van der Waals surface area contributed by atoms with Crippen LogP contribution in [0, 0.1) is 0 Å². The maximum atomic E-state index is 9.56. The average Bonchev–Trinajstić information content (AvgIpc) is 2.20. The molecule has 0 aromatic heterocycles. The second-order valence-electron chi connectivity index (χ2n) is 2.97. The molecule has 1 rings (SSSR count). The Hall–Kier alpha value is 0.790. The van der Waals surface area contributed by atoms with Crippen molar-refractivity contribution in [3.8, 4) is 0 Å². The van der Waals surface area contributed by atoms with E-state index in [0.717, 1.165) is 32.8 Å². The normalized spacial score (nSPS) is 16.9. The molecule has 1 heterocycles. The van der Waals surface area contributed by atoms with Gasteiger partial charge in [0.05, 0.1) is 12.4 Å². The Bertz CT molecular complexity index is 240. The summed E-state index contributed by atoms with van der Waals surface area (Å²) in [7, 11) is -3.66. The first-order chi connectivity index (χ1) is 6.99. The summed E-state index contributed by atoms with van der Waals surface area (Å²) >= 11 is 0. The van der Waals surface area contributed by atoms with Crippen LogP contribution < -0.4 is 5.32 Å². The summed E-state index contributed by atoms with van der Waals surface area (Å²) in [5.41, 5.74) is 0. The Morgan fingerprint density at radius 2 is 1.75 bits per heavy atom. The van der Waals surface area contributed by atoms with Crippen molar-refractivity contribution in [1.82, 2.24) is 10.4 Å². The maximum absolute atomic E-state index is 9.56. The Kier molecular flexibility index (Phi) is 13.1. The molecule has 0 unspecified atom stereocenters. The molecule has 0 spiro atoms. The predicted octanol–water partition coefficient (Wildman–Crippen LogP) is -0.911. The van der Waals surface area contributed by atoms with E-state index in [1.807, 2.05) is 12.0 Å². The Balaban J connectivity index is 0. The van der Waals surface area contributed by atoms with Crippen LogP contribution in [0.2, 0.25) is 0 Å². The van der Waals surface area contributed by atoms with Gasteiger partial charge in [-0.05, 0) is 13.8 Å². The molecule has 0 aromatic carbocycles. The van der Waals surface area contributed by atoms with Crippen molar-refractivity contribution < 1.29 is 17.8 Å². The van der Waals surface area contributed by atoms with E-state index in [1.54, 1.807) is 0 Å². The van der Waals surface area contributed by atoms with Crippen molar-refractivity contribution in [3.05, 3.63) is 0 Å². The van der Waals surface area contributed by atoms with Crippen LogP contribution in [0.25, 0.3) is 0 Å². The third-order valence-electron chi connectivity index (χ3n) is 1.75. The third-order valence-corrected chi connectivity index (χ3v) is 2.48. The molecule has 0 aromatic rings. The van der Waals surface area contributed by atoms with Gasteiger partial charge in [0.25, 0.3) is 10.1 Å². The molecule has 1 fully saturated rings. The molecule has 0 radical (unpaired) electrons. The molecule has 0 atom stereocenters. The molecule has 2 N–H and O–H groups in total. The van der Waals surface area contributed by atoms with Crippen LogP contribution in [0.4, 0.5) is 0 Å². The molecule has 0 amide bonds. The molecule has 8 heteroatoms. The van der Waals surface area contributed by atoms with Crippen LogP contribution in [-0.4, -0.2) is 86.1 Å². The Morgan fingerprint density at radius 1 is 1.31 bits per heavy atom. The molecule has 1 saturated heterocycles. The van der Waals surface area contributed by atoms with E-state index in [2.05, 4.69) is 5.32 Å². The fourth-order valence-electron chi connectivity index (χ4n) is 0.956. The van der Waals surface area contributed by atoms with Crippen LogP contribution in [-0.2, 0) is 15.0 Å². The molecule has 1 aliphatic rings. The monoisotopic (exact) mass is 264 g/mol. The van der Waals surface area contributed by atoms with E-state index in [0.29, 0.717) is 0 Å². The van der Waals surface area contributed by atoms with Crippen molar-refractivity contribution in [1.29, 1.82) is 0 Å². The van der Waals surface area contributed by atoms with Gasteiger partial charge in [0.15, 0.2) is 0 Å². The molecular formula is C8H21N2NaO4S. The quantitative estimate of drug-likeness (QED) is 0.507. The van der Waals surface area contributed by atoms with E-state index < -0.39 is 10.1 Å². The zero-order valence-electron chi connectivity index (χ0n) is 9.27. The minimum absolute atomic E-state index is 0. The SMILES string of the molecule is CCON1CCNCC1.CCS(=O)(=O)O.[NaH]. The first-order valence-corrected chi connectivity index (χ1v) is 6.64. The zero-order valence-corrected chi connectivity index (χ0v) is 10.1. The Labute approximate surface area is 120 Å². The summed E-state index contributed by atoms with van der Waals surface area (Å²) in [6.45, 7) is 8.33. The van der Waals surface area contributed by atoms with Gasteiger partial charge in [-0.1, -0.05) is 0 Å². The van der Waals surface area contributed by atoms with Gasteiger partial charge < -0.3 is 5.32 Å². The van der Waals surface area contributed by atoms with Crippen LogP contribution in [0.15, 0.2) is 0 Å². The summed E-state index contributed by atoms with van der Waals surface area (Å²) in [6, 6.07) is 0. The van der Waals surface area contributed by atoms with Gasteiger partial charge in [-0.25, -0.2) is 0 Å². The summed E-state index contributed by atoms with van der Waals surface area (Å²) in [4.78, 5) is 5.28. The molecule has 1 aliphatic heterocycles. The van der Waals surface area contributed by atoms with Gasteiger partial charge in [0.2, 0.25) is 0 Å². The number of hydroxylamine groups is 2. The predicted molar refractivity (Wildman–Crippen MR) is 65.3 cm³/mol. The van der Waals surface area contributed by atoms with E-state index >= 15 is 0 Å². The molecular weight excluding hydrogens is 243 g/mol. The molecule has 16 heavy (non-hydrogen) atoms. The van der Waals surface area contributed by atoms with Crippen LogP contribution >= 0.6 is 0 Å². The summed E-state index contributed by atoms with van der Waals surface area (Å²) < 4.78 is 26.9. The molecule has 0 saturated carbocycles. The first-order valence-electron chi connectivity index (χ1n) is 5.03. The number of rotatable bonds is 3. The third kappa shape index (κ3) is 12.9. The van der Waals surface area contributed by atoms with Crippen molar-refractivity contribution in [2.24, 2.45) is 0 Å². The summed E-state index contributed by atoms with van der Waals surface area (Å²) in [5, 5.41) is 5.26. The van der Waals surface area contributed by atoms with Crippen LogP contribution in [0.1, 0.15) is 13.8 Å². The fourth-order valence-corrected chi connectivity index (χ4v) is 0.956. The van der Waals surface area contributed by atoms with Gasteiger partial charge in [-0.2, -0.15) is 13.5 Å². The first kappa shape index (κ1) is 19.1. The molecule has 94 valence electrons.